The lowest BCUT2D eigenvalue weighted by Gasteiger charge is -2.25. The van der Waals surface area contributed by atoms with E-state index < -0.39 is 0 Å². The molecule has 0 amide bonds. The first kappa shape index (κ1) is 7.80. The Bertz CT molecular complexity index is 139. The van der Waals surface area contributed by atoms with Crippen LogP contribution in [0.3, 0.4) is 0 Å². The highest BCUT2D eigenvalue weighted by Crippen LogP contribution is 2.24. The Kier molecular flexibility index (Phi) is 2.14. The van der Waals surface area contributed by atoms with Crippen molar-refractivity contribution >= 4 is 0 Å². The molecule has 0 saturated carbocycles. The third-order valence-electron chi connectivity index (χ3n) is 2.12. The molecule has 58 valence electrons. The van der Waals surface area contributed by atoms with E-state index in [9.17, 15) is 0 Å². The molecule has 0 radical (unpaired) electrons. The number of allylic oxidation sites excluding steroid dienone is 1. The van der Waals surface area contributed by atoms with E-state index in [1.165, 1.54) is 31.3 Å². The largest absolute Gasteiger partial charge is 0.322 e. The predicted octanol–water partition coefficient (Wildman–Crippen LogP) is 2.22. The average Bonchev–Trinajstić information content (AvgIpc) is 1.88. The number of hydrogen-bond donors (Lipinski definition) is 1. The lowest BCUT2D eigenvalue weighted by molar-refractivity contribution is 0.543. The summed E-state index contributed by atoms with van der Waals surface area (Å²) in [6, 6.07) is 0. The van der Waals surface area contributed by atoms with Crippen LogP contribution in [-0.2, 0) is 0 Å². The van der Waals surface area contributed by atoms with Crippen molar-refractivity contribution in [2.75, 3.05) is 0 Å². The van der Waals surface area contributed by atoms with Gasteiger partial charge in [-0.05, 0) is 39.5 Å². The molecule has 0 aliphatic heterocycles. The van der Waals surface area contributed by atoms with Crippen LogP contribution in [0.25, 0.3) is 0 Å². The molecule has 0 bridgehead atoms. The fraction of sp³-hybridized carbons (Fsp3) is 0.778. The Hall–Kier alpha value is -0.300. The SMILES string of the molecule is CC(C)(N)C1=CCCCC1. The van der Waals surface area contributed by atoms with Crippen molar-refractivity contribution in [1.82, 2.24) is 0 Å². The highest BCUT2D eigenvalue weighted by molar-refractivity contribution is 5.17. The summed E-state index contributed by atoms with van der Waals surface area (Å²) in [5.41, 5.74) is 7.32. The molecule has 0 aromatic rings. The number of rotatable bonds is 1. The normalized spacial score (nSPS) is 20.5. The van der Waals surface area contributed by atoms with E-state index in [2.05, 4.69) is 19.9 Å². The highest BCUT2D eigenvalue weighted by Gasteiger charge is 2.17. The fourth-order valence-corrected chi connectivity index (χ4v) is 1.42. The maximum Gasteiger partial charge on any atom is 0.0311 e. The molecular weight excluding hydrogens is 122 g/mol. The molecule has 0 atom stereocenters. The van der Waals surface area contributed by atoms with Crippen LogP contribution in [0.5, 0.6) is 0 Å². The minimum absolute atomic E-state index is 0.0690. The summed E-state index contributed by atoms with van der Waals surface area (Å²) in [5, 5.41) is 0. The summed E-state index contributed by atoms with van der Waals surface area (Å²) >= 11 is 0. The minimum Gasteiger partial charge on any atom is -0.322 e. The molecule has 1 rings (SSSR count). The summed E-state index contributed by atoms with van der Waals surface area (Å²) < 4.78 is 0. The predicted molar refractivity (Wildman–Crippen MR) is 44.8 cm³/mol. The third kappa shape index (κ3) is 1.84. The Morgan fingerprint density at radius 3 is 2.40 bits per heavy atom. The van der Waals surface area contributed by atoms with Crippen LogP contribution in [0.2, 0.25) is 0 Å². The van der Waals surface area contributed by atoms with Crippen molar-refractivity contribution < 1.29 is 0 Å². The van der Waals surface area contributed by atoms with E-state index in [4.69, 9.17) is 5.73 Å². The first-order chi connectivity index (χ1) is 4.61. The van der Waals surface area contributed by atoms with Crippen LogP contribution in [0.15, 0.2) is 11.6 Å². The number of nitrogens with two attached hydrogens (primary N) is 1. The standard InChI is InChI=1S/C9H17N/c1-9(2,10)8-6-4-3-5-7-8/h6H,3-5,7,10H2,1-2H3. The van der Waals surface area contributed by atoms with Gasteiger partial charge in [-0.3, -0.25) is 0 Å². The van der Waals surface area contributed by atoms with Gasteiger partial charge in [0.05, 0.1) is 0 Å². The maximum atomic E-state index is 5.94. The van der Waals surface area contributed by atoms with Gasteiger partial charge in [-0.15, -0.1) is 0 Å². The topological polar surface area (TPSA) is 26.0 Å². The lowest BCUT2D eigenvalue weighted by atomic mass is 9.86. The molecule has 1 aliphatic carbocycles. The molecule has 0 fully saturated rings. The van der Waals surface area contributed by atoms with Crippen LogP contribution < -0.4 is 5.73 Å². The summed E-state index contributed by atoms with van der Waals surface area (Å²) in [4.78, 5) is 0. The molecule has 2 N–H and O–H groups in total. The smallest absolute Gasteiger partial charge is 0.0311 e. The molecular formula is C9H17N. The van der Waals surface area contributed by atoms with E-state index in [1.807, 2.05) is 0 Å². The van der Waals surface area contributed by atoms with Crippen LogP contribution in [-0.4, -0.2) is 5.54 Å². The van der Waals surface area contributed by atoms with Crippen LogP contribution in [0, 0.1) is 0 Å². The van der Waals surface area contributed by atoms with E-state index in [0.29, 0.717) is 0 Å². The van der Waals surface area contributed by atoms with Gasteiger partial charge in [-0.25, -0.2) is 0 Å². The zero-order chi connectivity index (χ0) is 7.61. The monoisotopic (exact) mass is 139 g/mol. The van der Waals surface area contributed by atoms with E-state index in [0.717, 1.165) is 0 Å². The van der Waals surface area contributed by atoms with E-state index >= 15 is 0 Å². The first-order valence-corrected chi connectivity index (χ1v) is 4.09. The van der Waals surface area contributed by atoms with E-state index in [1.54, 1.807) is 0 Å². The van der Waals surface area contributed by atoms with Crippen molar-refractivity contribution in [2.24, 2.45) is 5.73 Å². The number of hydrogen-bond acceptors (Lipinski definition) is 1. The zero-order valence-electron chi connectivity index (χ0n) is 6.98. The fourth-order valence-electron chi connectivity index (χ4n) is 1.42. The van der Waals surface area contributed by atoms with Crippen molar-refractivity contribution in [3.8, 4) is 0 Å². The zero-order valence-corrected chi connectivity index (χ0v) is 6.98. The Labute approximate surface area is 63.3 Å². The van der Waals surface area contributed by atoms with Crippen molar-refractivity contribution in [3.05, 3.63) is 11.6 Å². The van der Waals surface area contributed by atoms with E-state index in [-0.39, 0.29) is 5.54 Å². The maximum absolute atomic E-state index is 5.94. The second-order valence-electron chi connectivity index (χ2n) is 3.70. The summed E-state index contributed by atoms with van der Waals surface area (Å²) in [7, 11) is 0. The molecule has 0 aromatic carbocycles. The van der Waals surface area contributed by atoms with Gasteiger partial charge in [0, 0.05) is 5.54 Å². The van der Waals surface area contributed by atoms with Gasteiger partial charge in [0.1, 0.15) is 0 Å². The highest BCUT2D eigenvalue weighted by atomic mass is 14.7. The second kappa shape index (κ2) is 2.75. The van der Waals surface area contributed by atoms with Gasteiger partial charge < -0.3 is 5.73 Å². The average molecular weight is 139 g/mol. The van der Waals surface area contributed by atoms with Gasteiger partial charge in [-0.1, -0.05) is 11.6 Å². The van der Waals surface area contributed by atoms with Crippen molar-refractivity contribution in [1.29, 1.82) is 0 Å². The Balaban J connectivity index is 2.62. The molecule has 0 heterocycles. The molecule has 0 saturated heterocycles. The summed E-state index contributed by atoms with van der Waals surface area (Å²) in [6.07, 6.45) is 7.43. The Morgan fingerprint density at radius 2 is 2.10 bits per heavy atom. The summed E-state index contributed by atoms with van der Waals surface area (Å²) in [6.45, 7) is 4.17. The lowest BCUT2D eigenvalue weighted by Crippen LogP contribution is -2.34. The van der Waals surface area contributed by atoms with Crippen LogP contribution >= 0.6 is 0 Å². The molecule has 0 unspecified atom stereocenters. The van der Waals surface area contributed by atoms with Gasteiger partial charge in [0.15, 0.2) is 0 Å². The third-order valence-corrected chi connectivity index (χ3v) is 2.12. The molecule has 10 heavy (non-hydrogen) atoms. The first-order valence-electron chi connectivity index (χ1n) is 4.09. The Morgan fingerprint density at radius 1 is 1.40 bits per heavy atom. The molecule has 0 spiro atoms. The van der Waals surface area contributed by atoms with Crippen molar-refractivity contribution in [2.45, 2.75) is 45.1 Å². The quantitative estimate of drug-likeness (QED) is 0.554. The minimum atomic E-state index is -0.0690. The van der Waals surface area contributed by atoms with Gasteiger partial charge in [0.2, 0.25) is 0 Å². The molecule has 1 nitrogen and oxygen atoms in total. The van der Waals surface area contributed by atoms with Gasteiger partial charge in [0.25, 0.3) is 0 Å². The van der Waals surface area contributed by atoms with Crippen LogP contribution in [0.4, 0.5) is 0 Å². The second-order valence-corrected chi connectivity index (χ2v) is 3.70. The van der Waals surface area contributed by atoms with Gasteiger partial charge in [-0.2, -0.15) is 0 Å². The molecule has 1 aliphatic rings. The summed E-state index contributed by atoms with van der Waals surface area (Å²) in [5.74, 6) is 0. The van der Waals surface area contributed by atoms with Crippen molar-refractivity contribution in [3.63, 3.8) is 0 Å². The van der Waals surface area contributed by atoms with Crippen LogP contribution in [0.1, 0.15) is 39.5 Å². The van der Waals surface area contributed by atoms with Gasteiger partial charge >= 0.3 is 0 Å². The molecule has 0 aromatic heterocycles. The molecule has 1 heteroatoms.